The SMILES string of the molecule is C[C@@H]1CN(C(=O)CN(C)[C@@H](CCO)c2ccccc2)C[C@H](C)O1. The summed E-state index contributed by atoms with van der Waals surface area (Å²) in [5.74, 6) is 0.119. The van der Waals surface area contributed by atoms with E-state index in [1.54, 1.807) is 0 Å². The lowest BCUT2D eigenvalue weighted by Gasteiger charge is -2.37. The molecule has 1 aliphatic heterocycles. The fourth-order valence-electron chi connectivity index (χ4n) is 3.24. The van der Waals surface area contributed by atoms with Crippen molar-refractivity contribution in [3.8, 4) is 0 Å². The Kier molecular flexibility index (Phi) is 6.57. The summed E-state index contributed by atoms with van der Waals surface area (Å²) in [7, 11) is 1.94. The molecule has 1 heterocycles. The van der Waals surface area contributed by atoms with Crippen LogP contribution in [-0.4, -0.2) is 66.3 Å². The van der Waals surface area contributed by atoms with Crippen LogP contribution in [-0.2, 0) is 9.53 Å². The largest absolute Gasteiger partial charge is 0.396 e. The minimum absolute atomic E-state index is 0.0426. The number of benzene rings is 1. The molecule has 1 aromatic rings. The fourth-order valence-corrected chi connectivity index (χ4v) is 3.24. The molecule has 1 N–H and O–H groups in total. The van der Waals surface area contributed by atoms with E-state index in [4.69, 9.17) is 4.74 Å². The van der Waals surface area contributed by atoms with Crippen molar-refractivity contribution in [2.75, 3.05) is 33.3 Å². The standard InChI is InChI=1S/C18H28N2O3/c1-14-11-20(12-15(2)23-14)18(22)13-19(3)17(9-10-21)16-7-5-4-6-8-16/h4-8,14-15,17,21H,9-13H2,1-3H3/t14-,15+,17-/m0/s1. The molecule has 1 aliphatic rings. The Morgan fingerprint density at radius 1 is 1.30 bits per heavy atom. The number of morpholine rings is 1. The summed E-state index contributed by atoms with van der Waals surface area (Å²) in [6.07, 6.45) is 0.773. The average molecular weight is 320 g/mol. The van der Waals surface area contributed by atoms with Gasteiger partial charge in [-0.2, -0.15) is 0 Å². The van der Waals surface area contributed by atoms with Gasteiger partial charge in [0.15, 0.2) is 0 Å². The van der Waals surface area contributed by atoms with Gasteiger partial charge in [0.2, 0.25) is 5.91 Å². The maximum absolute atomic E-state index is 12.6. The van der Waals surface area contributed by atoms with E-state index < -0.39 is 0 Å². The van der Waals surface area contributed by atoms with E-state index in [1.165, 1.54) is 0 Å². The van der Waals surface area contributed by atoms with Crippen molar-refractivity contribution in [2.45, 2.75) is 38.5 Å². The Labute approximate surface area is 138 Å². The average Bonchev–Trinajstić information content (AvgIpc) is 2.52. The molecular formula is C18H28N2O3. The number of amides is 1. The third-order valence-corrected chi connectivity index (χ3v) is 4.28. The van der Waals surface area contributed by atoms with Crippen LogP contribution in [0.15, 0.2) is 30.3 Å². The summed E-state index contributed by atoms with van der Waals surface area (Å²) in [6, 6.07) is 10.1. The molecule has 0 radical (unpaired) electrons. The highest BCUT2D eigenvalue weighted by Crippen LogP contribution is 2.23. The fraction of sp³-hybridized carbons (Fsp3) is 0.611. The number of aliphatic hydroxyl groups is 1. The molecule has 23 heavy (non-hydrogen) atoms. The van der Waals surface area contributed by atoms with Gasteiger partial charge in [-0.05, 0) is 32.9 Å². The molecule has 0 unspecified atom stereocenters. The number of carbonyl (C=O) groups excluding carboxylic acids is 1. The van der Waals surface area contributed by atoms with Crippen molar-refractivity contribution < 1.29 is 14.6 Å². The third kappa shape index (κ3) is 5.03. The summed E-state index contributed by atoms with van der Waals surface area (Å²) in [6.45, 7) is 5.74. The first-order chi connectivity index (χ1) is 11.0. The summed E-state index contributed by atoms with van der Waals surface area (Å²) < 4.78 is 5.69. The molecule has 5 nitrogen and oxygen atoms in total. The zero-order chi connectivity index (χ0) is 16.8. The van der Waals surface area contributed by atoms with Crippen molar-refractivity contribution in [1.29, 1.82) is 0 Å². The monoisotopic (exact) mass is 320 g/mol. The highest BCUT2D eigenvalue weighted by molar-refractivity contribution is 5.78. The number of hydrogen-bond donors (Lipinski definition) is 1. The second kappa shape index (κ2) is 8.43. The van der Waals surface area contributed by atoms with Gasteiger partial charge >= 0.3 is 0 Å². The van der Waals surface area contributed by atoms with Gasteiger partial charge in [0.1, 0.15) is 0 Å². The van der Waals surface area contributed by atoms with E-state index in [-0.39, 0.29) is 30.8 Å². The van der Waals surface area contributed by atoms with Crippen LogP contribution in [0.3, 0.4) is 0 Å². The van der Waals surface area contributed by atoms with E-state index in [0.717, 1.165) is 5.56 Å². The maximum atomic E-state index is 12.6. The molecule has 1 fully saturated rings. The predicted molar refractivity (Wildman–Crippen MR) is 90.1 cm³/mol. The van der Waals surface area contributed by atoms with E-state index in [2.05, 4.69) is 0 Å². The lowest BCUT2D eigenvalue weighted by atomic mass is 10.0. The smallest absolute Gasteiger partial charge is 0.236 e. The summed E-state index contributed by atoms with van der Waals surface area (Å²) >= 11 is 0. The Balaban J connectivity index is 2.00. The van der Waals surface area contributed by atoms with Gasteiger partial charge in [-0.3, -0.25) is 9.69 Å². The molecule has 0 bridgehead atoms. The molecule has 1 saturated heterocycles. The zero-order valence-electron chi connectivity index (χ0n) is 14.3. The topological polar surface area (TPSA) is 53.0 Å². The van der Waals surface area contributed by atoms with Crippen LogP contribution in [0.1, 0.15) is 31.9 Å². The van der Waals surface area contributed by atoms with Crippen LogP contribution >= 0.6 is 0 Å². The molecule has 0 aromatic heterocycles. The van der Waals surface area contributed by atoms with E-state index >= 15 is 0 Å². The quantitative estimate of drug-likeness (QED) is 0.866. The van der Waals surface area contributed by atoms with Crippen LogP contribution < -0.4 is 0 Å². The normalized spacial score (nSPS) is 23.1. The van der Waals surface area contributed by atoms with Gasteiger partial charge in [-0.1, -0.05) is 30.3 Å². The van der Waals surface area contributed by atoms with Crippen LogP contribution in [0.25, 0.3) is 0 Å². The number of ether oxygens (including phenoxy) is 1. The molecule has 5 heteroatoms. The van der Waals surface area contributed by atoms with Crippen LogP contribution in [0.2, 0.25) is 0 Å². The molecule has 0 aliphatic carbocycles. The van der Waals surface area contributed by atoms with Gasteiger partial charge in [0.05, 0.1) is 18.8 Å². The van der Waals surface area contributed by atoms with Crippen LogP contribution in [0.5, 0.6) is 0 Å². The second-order valence-corrected chi connectivity index (χ2v) is 6.41. The first-order valence-corrected chi connectivity index (χ1v) is 8.30. The van der Waals surface area contributed by atoms with E-state index in [9.17, 15) is 9.90 Å². The van der Waals surface area contributed by atoms with Gasteiger partial charge < -0.3 is 14.7 Å². The van der Waals surface area contributed by atoms with Gasteiger partial charge in [-0.25, -0.2) is 0 Å². The molecule has 0 spiro atoms. The summed E-state index contributed by atoms with van der Waals surface area (Å²) in [4.78, 5) is 16.5. The van der Waals surface area contributed by atoms with Crippen molar-refractivity contribution in [1.82, 2.24) is 9.80 Å². The Morgan fingerprint density at radius 2 is 1.91 bits per heavy atom. The van der Waals surface area contributed by atoms with Gasteiger partial charge in [0, 0.05) is 25.7 Å². The molecule has 1 aromatic carbocycles. The highest BCUT2D eigenvalue weighted by Gasteiger charge is 2.27. The first-order valence-electron chi connectivity index (χ1n) is 8.30. The highest BCUT2D eigenvalue weighted by atomic mass is 16.5. The number of hydrogen-bond acceptors (Lipinski definition) is 4. The van der Waals surface area contributed by atoms with Crippen LogP contribution in [0.4, 0.5) is 0 Å². The second-order valence-electron chi connectivity index (χ2n) is 6.41. The minimum Gasteiger partial charge on any atom is -0.396 e. The lowest BCUT2D eigenvalue weighted by molar-refractivity contribution is -0.144. The van der Waals surface area contributed by atoms with Crippen molar-refractivity contribution >= 4 is 5.91 Å². The van der Waals surface area contributed by atoms with Crippen molar-refractivity contribution in [3.05, 3.63) is 35.9 Å². The first kappa shape index (κ1) is 17.9. The molecular weight excluding hydrogens is 292 g/mol. The summed E-state index contributed by atoms with van der Waals surface area (Å²) in [5, 5.41) is 9.36. The number of aliphatic hydroxyl groups excluding tert-OH is 1. The van der Waals surface area contributed by atoms with Crippen molar-refractivity contribution in [2.24, 2.45) is 0 Å². The van der Waals surface area contributed by atoms with Crippen molar-refractivity contribution in [3.63, 3.8) is 0 Å². The Hall–Kier alpha value is -1.43. The molecule has 2 rings (SSSR count). The molecule has 128 valence electrons. The number of rotatable bonds is 6. The Bertz CT molecular complexity index is 484. The number of carbonyl (C=O) groups is 1. The molecule has 3 atom stereocenters. The predicted octanol–water partition coefficient (Wildman–Crippen LogP) is 1.68. The lowest BCUT2D eigenvalue weighted by Crippen LogP contribution is -2.51. The maximum Gasteiger partial charge on any atom is 0.236 e. The van der Waals surface area contributed by atoms with Crippen LogP contribution in [0, 0.1) is 0 Å². The zero-order valence-corrected chi connectivity index (χ0v) is 14.3. The molecule has 1 amide bonds. The number of nitrogens with zero attached hydrogens (tertiary/aromatic N) is 2. The number of likely N-dealkylation sites (N-methyl/N-ethyl adjacent to an activating group) is 1. The Morgan fingerprint density at radius 3 is 2.48 bits per heavy atom. The van der Waals surface area contributed by atoms with Gasteiger partial charge in [-0.15, -0.1) is 0 Å². The van der Waals surface area contributed by atoms with Gasteiger partial charge in [0.25, 0.3) is 0 Å². The minimum atomic E-state index is 0.0426. The third-order valence-electron chi connectivity index (χ3n) is 4.28. The van der Waals surface area contributed by atoms with E-state index in [1.807, 2.05) is 61.0 Å². The van der Waals surface area contributed by atoms with E-state index in [0.29, 0.717) is 26.1 Å². The summed E-state index contributed by atoms with van der Waals surface area (Å²) in [5.41, 5.74) is 1.13. The molecule has 0 saturated carbocycles.